The van der Waals surface area contributed by atoms with Gasteiger partial charge in [0.2, 0.25) is 0 Å². The molecule has 1 saturated heterocycles. The van der Waals surface area contributed by atoms with Crippen LogP contribution < -0.4 is 5.32 Å². The van der Waals surface area contributed by atoms with Gasteiger partial charge < -0.3 is 5.32 Å². The molecule has 15 heavy (non-hydrogen) atoms. The van der Waals surface area contributed by atoms with Crippen LogP contribution in [0.3, 0.4) is 0 Å². The molecule has 0 aromatic heterocycles. The summed E-state index contributed by atoms with van der Waals surface area (Å²) in [5, 5.41) is 2.19. The summed E-state index contributed by atoms with van der Waals surface area (Å²) < 4.78 is 26.4. The molecule has 0 unspecified atom stereocenters. The molecule has 1 aliphatic heterocycles. The molecule has 1 heterocycles. The van der Waals surface area contributed by atoms with Gasteiger partial charge >= 0.3 is 5.92 Å². The smallest absolute Gasteiger partial charge is 0.320 e. The topological polar surface area (TPSA) is 29.1 Å². The summed E-state index contributed by atoms with van der Waals surface area (Å²) in [6, 6.07) is 0. The molecular formula is C11H15F2NO. The Kier molecular flexibility index (Phi) is 3.27. The Bertz CT molecular complexity index is 342. The number of fused-ring (bicyclic) bond motifs is 1. The van der Waals surface area contributed by atoms with E-state index in [9.17, 15) is 13.6 Å². The number of halogens is 2. The lowest BCUT2D eigenvalue weighted by Gasteiger charge is -2.15. The van der Waals surface area contributed by atoms with Crippen molar-refractivity contribution in [2.45, 2.75) is 39.5 Å². The molecule has 2 nitrogen and oxygen atoms in total. The van der Waals surface area contributed by atoms with Crippen LogP contribution in [0.5, 0.6) is 0 Å². The molecular weight excluding hydrogens is 200 g/mol. The minimum atomic E-state index is -3.32. The third kappa shape index (κ3) is 1.80. The number of amides is 1. The third-order valence-corrected chi connectivity index (χ3v) is 2.41. The van der Waals surface area contributed by atoms with Crippen molar-refractivity contribution in [1.82, 2.24) is 5.32 Å². The summed E-state index contributed by atoms with van der Waals surface area (Å²) in [7, 11) is 0. The summed E-state index contributed by atoms with van der Waals surface area (Å²) in [5.74, 6) is -4.52. The number of carbonyl (C=O) groups excluding carboxylic acids is 1. The molecule has 1 fully saturated rings. The van der Waals surface area contributed by atoms with Crippen molar-refractivity contribution in [3.63, 3.8) is 0 Å². The van der Waals surface area contributed by atoms with Gasteiger partial charge in [0.15, 0.2) is 0 Å². The van der Waals surface area contributed by atoms with Crippen LogP contribution in [0.1, 0.15) is 33.6 Å². The van der Waals surface area contributed by atoms with Gasteiger partial charge in [-0.25, -0.2) is 0 Å². The summed E-state index contributed by atoms with van der Waals surface area (Å²) >= 11 is 0. The standard InChI is InChI=1S/C9H9F2NO.C2H6/c1-5-3-2-4-6-7(5)9(10,11)8(13)12-6;1-2/h4H,2-3H2,1H3,(H,12,13);1-2H3. The van der Waals surface area contributed by atoms with Crippen LogP contribution >= 0.6 is 0 Å². The average Bonchev–Trinajstić information content (AvgIpc) is 2.42. The minimum Gasteiger partial charge on any atom is -0.320 e. The van der Waals surface area contributed by atoms with Crippen LogP contribution in [0.4, 0.5) is 8.78 Å². The van der Waals surface area contributed by atoms with E-state index in [0.29, 0.717) is 17.7 Å². The lowest BCUT2D eigenvalue weighted by molar-refractivity contribution is -0.136. The Morgan fingerprint density at radius 3 is 2.53 bits per heavy atom. The number of alkyl halides is 2. The van der Waals surface area contributed by atoms with E-state index in [-0.39, 0.29) is 5.57 Å². The first kappa shape index (κ1) is 11.9. The lowest BCUT2D eigenvalue weighted by atomic mass is 9.94. The van der Waals surface area contributed by atoms with E-state index in [4.69, 9.17) is 0 Å². The molecule has 0 spiro atoms. The van der Waals surface area contributed by atoms with Gasteiger partial charge in [-0.05, 0) is 19.8 Å². The summed E-state index contributed by atoms with van der Waals surface area (Å²) in [4.78, 5) is 10.9. The Morgan fingerprint density at radius 2 is 2.00 bits per heavy atom. The number of allylic oxidation sites excluding steroid dienone is 3. The van der Waals surface area contributed by atoms with Crippen LogP contribution in [0, 0.1) is 0 Å². The van der Waals surface area contributed by atoms with E-state index < -0.39 is 11.8 Å². The molecule has 0 atom stereocenters. The molecule has 4 heteroatoms. The predicted molar refractivity (Wildman–Crippen MR) is 54.5 cm³/mol. The molecule has 1 amide bonds. The van der Waals surface area contributed by atoms with Gasteiger partial charge in [0.05, 0.1) is 5.57 Å². The number of nitrogens with one attached hydrogen (secondary N) is 1. The van der Waals surface area contributed by atoms with Gasteiger partial charge in [-0.15, -0.1) is 0 Å². The number of rotatable bonds is 0. The van der Waals surface area contributed by atoms with E-state index in [1.807, 2.05) is 13.8 Å². The van der Waals surface area contributed by atoms with Crippen LogP contribution in [-0.2, 0) is 4.79 Å². The molecule has 1 aliphatic carbocycles. The molecule has 2 aliphatic rings. The molecule has 0 aromatic rings. The van der Waals surface area contributed by atoms with Gasteiger partial charge in [0.1, 0.15) is 0 Å². The number of hydrogen-bond acceptors (Lipinski definition) is 1. The highest BCUT2D eigenvalue weighted by Gasteiger charge is 2.52. The second-order valence-electron chi connectivity index (χ2n) is 3.34. The van der Waals surface area contributed by atoms with Crippen molar-refractivity contribution >= 4 is 5.91 Å². The molecule has 84 valence electrons. The maximum Gasteiger partial charge on any atom is 0.352 e. The number of carbonyl (C=O) groups is 1. The fourth-order valence-electron chi connectivity index (χ4n) is 1.75. The first-order chi connectivity index (χ1) is 7.03. The highest BCUT2D eigenvalue weighted by Crippen LogP contribution is 2.40. The molecule has 0 saturated carbocycles. The zero-order valence-corrected chi connectivity index (χ0v) is 9.16. The first-order valence-corrected chi connectivity index (χ1v) is 5.13. The highest BCUT2D eigenvalue weighted by atomic mass is 19.3. The van der Waals surface area contributed by atoms with Crippen molar-refractivity contribution < 1.29 is 13.6 Å². The summed E-state index contributed by atoms with van der Waals surface area (Å²) in [6.07, 6.45) is 2.99. The third-order valence-electron chi connectivity index (χ3n) is 2.41. The maximum atomic E-state index is 13.2. The number of hydrogen-bond donors (Lipinski definition) is 1. The van der Waals surface area contributed by atoms with E-state index in [0.717, 1.165) is 6.42 Å². The fraction of sp³-hybridized carbons (Fsp3) is 0.545. The van der Waals surface area contributed by atoms with Crippen molar-refractivity contribution in [2.24, 2.45) is 0 Å². The molecule has 0 aromatic carbocycles. The van der Waals surface area contributed by atoms with E-state index in [1.54, 1.807) is 13.0 Å². The highest BCUT2D eigenvalue weighted by molar-refractivity contribution is 5.95. The largest absolute Gasteiger partial charge is 0.352 e. The van der Waals surface area contributed by atoms with Gasteiger partial charge in [0.25, 0.3) is 5.91 Å². The quantitative estimate of drug-likeness (QED) is 0.661. The van der Waals surface area contributed by atoms with Crippen molar-refractivity contribution in [1.29, 1.82) is 0 Å². The van der Waals surface area contributed by atoms with Crippen LogP contribution in [-0.4, -0.2) is 11.8 Å². The van der Waals surface area contributed by atoms with E-state index in [2.05, 4.69) is 5.32 Å². The van der Waals surface area contributed by atoms with Crippen molar-refractivity contribution in [3.05, 3.63) is 22.9 Å². The maximum absolute atomic E-state index is 13.2. The normalized spacial score (nSPS) is 22.5. The van der Waals surface area contributed by atoms with E-state index >= 15 is 0 Å². The molecule has 2 rings (SSSR count). The van der Waals surface area contributed by atoms with E-state index in [1.165, 1.54) is 0 Å². The second-order valence-corrected chi connectivity index (χ2v) is 3.34. The van der Waals surface area contributed by atoms with Crippen molar-refractivity contribution in [3.8, 4) is 0 Å². The Labute approximate surface area is 88.0 Å². The monoisotopic (exact) mass is 215 g/mol. The minimum absolute atomic E-state index is 0.108. The Morgan fingerprint density at radius 1 is 1.40 bits per heavy atom. The SMILES string of the molecule is CC.CC1=C2C(=CCC1)NC(=O)C2(F)F. The van der Waals surface area contributed by atoms with Crippen LogP contribution in [0.2, 0.25) is 0 Å². The predicted octanol–water partition coefficient (Wildman–Crippen LogP) is 2.77. The Hall–Kier alpha value is -1.19. The zero-order chi connectivity index (χ0) is 11.6. The van der Waals surface area contributed by atoms with Crippen LogP contribution in [0.25, 0.3) is 0 Å². The zero-order valence-electron chi connectivity index (χ0n) is 9.16. The Balaban J connectivity index is 0.000000531. The van der Waals surface area contributed by atoms with Crippen molar-refractivity contribution in [2.75, 3.05) is 0 Å². The fourth-order valence-corrected chi connectivity index (χ4v) is 1.75. The molecule has 0 radical (unpaired) electrons. The first-order valence-electron chi connectivity index (χ1n) is 5.13. The molecule has 0 bridgehead atoms. The lowest BCUT2D eigenvalue weighted by Crippen LogP contribution is -2.29. The average molecular weight is 215 g/mol. The second kappa shape index (κ2) is 4.13. The van der Waals surface area contributed by atoms with Crippen LogP contribution in [0.15, 0.2) is 22.9 Å². The molecule has 1 N–H and O–H groups in total. The van der Waals surface area contributed by atoms with Gasteiger partial charge in [-0.3, -0.25) is 4.79 Å². The van der Waals surface area contributed by atoms with Gasteiger partial charge in [-0.2, -0.15) is 8.78 Å². The van der Waals surface area contributed by atoms with Gasteiger partial charge in [-0.1, -0.05) is 25.5 Å². The van der Waals surface area contributed by atoms with Gasteiger partial charge in [0, 0.05) is 5.70 Å². The summed E-state index contributed by atoms with van der Waals surface area (Å²) in [5.41, 5.74) is 0.809. The summed E-state index contributed by atoms with van der Waals surface area (Å²) in [6.45, 7) is 5.65.